The Balaban J connectivity index is 2.57. The molecule has 0 aromatic rings. The Morgan fingerprint density at radius 2 is 2.12 bits per heavy atom. The van der Waals surface area contributed by atoms with Gasteiger partial charge in [-0.15, -0.1) is 0 Å². The Labute approximate surface area is 110 Å². The van der Waals surface area contributed by atoms with Crippen LogP contribution in [0.1, 0.15) is 34.6 Å². The molecule has 1 atom stereocenters. The molecule has 0 radical (unpaired) electrons. The second-order valence-corrected chi connectivity index (χ2v) is 7.30. The molecule has 1 N–H and O–H groups in total. The molecule has 1 fully saturated rings. The first-order valence-corrected chi connectivity index (χ1v) is 7.57. The van der Waals surface area contributed by atoms with Gasteiger partial charge in [-0.3, -0.25) is 9.69 Å². The van der Waals surface area contributed by atoms with Gasteiger partial charge in [0.15, 0.2) is 0 Å². The van der Waals surface area contributed by atoms with Crippen LogP contribution in [0.15, 0.2) is 0 Å². The van der Waals surface area contributed by atoms with E-state index < -0.39 is 0 Å². The molecule has 1 heterocycles. The van der Waals surface area contributed by atoms with Gasteiger partial charge in [0.25, 0.3) is 0 Å². The Hall–Kier alpha value is -0.220. The van der Waals surface area contributed by atoms with Crippen LogP contribution in [0.3, 0.4) is 0 Å². The van der Waals surface area contributed by atoms with Crippen LogP contribution in [0, 0.1) is 5.41 Å². The minimum absolute atomic E-state index is 0.154. The van der Waals surface area contributed by atoms with Crippen molar-refractivity contribution in [3.8, 4) is 0 Å². The number of nitrogens with zero attached hydrogens (tertiary/aromatic N) is 1. The third kappa shape index (κ3) is 4.88. The quantitative estimate of drug-likeness (QED) is 0.840. The molecule has 0 spiro atoms. The summed E-state index contributed by atoms with van der Waals surface area (Å²) in [6, 6.07) is 0.730. The second-order valence-electron chi connectivity index (χ2n) is 6.15. The number of hydrogen-bond acceptors (Lipinski definition) is 3. The average Bonchev–Trinajstić information content (AvgIpc) is 2.15. The standard InChI is InChI=1S/C13H26N2OS/c1-10(2)14-12(16)8-15-6-7-17-9-11(15)13(3,4)5/h10-11H,6-9H2,1-5H3,(H,14,16). The van der Waals surface area contributed by atoms with E-state index in [0.717, 1.165) is 18.1 Å². The Kier molecular flexibility index (Phi) is 5.32. The zero-order valence-corrected chi connectivity index (χ0v) is 12.6. The van der Waals surface area contributed by atoms with Crippen molar-refractivity contribution in [3.63, 3.8) is 0 Å². The van der Waals surface area contributed by atoms with Gasteiger partial charge >= 0.3 is 0 Å². The highest BCUT2D eigenvalue weighted by Crippen LogP contribution is 2.30. The molecule has 1 saturated heterocycles. The van der Waals surface area contributed by atoms with Crippen molar-refractivity contribution < 1.29 is 4.79 Å². The zero-order chi connectivity index (χ0) is 13.1. The number of hydrogen-bond donors (Lipinski definition) is 1. The number of nitrogens with one attached hydrogen (secondary N) is 1. The number of carbonyl (C=O) groups is 1. The van der Waals surface area contributed by atoms with Crippen molar-refractivity contribution in [1.29, 1.82) is 0 Å². The Morgan fingerprint density at radius 1 is 1.47 bits per heavy atom. The number of amides is 1. The van der Waals surface area contributed by atoms with E-state index in [0.29, 0.717) is 12.6 Å². The first-order valence-electron chi connectivity index (χ1n) is 6.42. The SMILES string of the molecule is CC(C)NC(=O)CN1CCSCC1C(C)(C)C. The van der Waals surface area contributed by atoms with Crippen LogP contribution in [0.25, 0.3) is 0 Å². The van der Waals surface area contributed by atoms with Gasteiger partial charge in [0.05, 0.1) is 6.54 Å². The average molecular weight is 258 g/mol. The summed E-state index contributed by atoms with van der Waals surface area (Å²) in [5.74, 6) is 2.43. The topological polar surface area (TPSA) is 32.3 Å². The fraction of sp³-hybridized carbons (Fsp3) is 0.923. The van der Waals surface area contributed by atoms with Crippen molar-refractivity contribution in [1.82, 2.24) is 10.2 Å². The number of carbonyl (C=O) groups excluding carboxylic acids is 1. The summed E-state index contributed by atoms with van der Waals surface area (Å²) in [5, 5.41) is 2.97. The van der Waals surface area contributed by atoms with Crippen LogP contribution in [-0.4, -0.2) is 47.5 Å². The molecule has 0 aliphatic carbocycles. The van der Waals surface area contributed by atoms with E-state index >= 15 is 0 Å². The van der Waals surface area contributed by atoms with Crippen LogP contribution in [0.5, 0.6) is 0 Å². The molecule has 4 heteroatoms. The van der Waals surface area contributed by atoms with Gasteiger partial charge in [-0.2, -0.15) is 11.8 Å². The fourth-order valence-corrected chi connectivity index (χ4v) is 3.64. The van der Waals surface area contributed by atoms with Gasteiger partial charge in [0, 0.05) is 30.1 Å². The van der Waals surface area contributed by atoms with E-state index in [4.69, 9.17) is 0 Å². The molecule has 0 aromatic heterocycles. The van der Waals surface area contributed by atoms with Crippen LogP contribution in [0.2, 0.25) is 0 Å². The van der Waals surface area contributed by atoms with Gasteiger partial charge in [-0.05, 0) is 19.3 Å². The molecule has 100 valence electrons. The monoisotopic (exact) mass is 258 g/mol. The molecule has 0 bridgehead atoms. The van der Waals surface area contributed by atoms with Crippen molar-refractivity contribution >= 4 is 17.7 Å². The Bertz CT molecular complexity index is 261. The fourth-order valence-electron chi connectivity index (χ4n) is 2.18. The van der Waals surface area contributed by atoms with E-state index in [1.54, 1.807) is 0 Å². The summed E-state index contributed by atoms with van der Waals surface area (Å²) >= 11 is 2.00. The summed E-state index contributed by atoms with van der Waals surface area (Å²) in [6.07, 6.45) is 0. The molecule has 1 rings (SSSR count). The Morgan fingerprint density at radius 3 is 2.65 bits per heavy atom. The minimum Gasteiger partial charge on any atom is -0.353 e. The van der Waals surface area contributed by atoms with E-state index in [1.807, 2.05) is 25.6 Å². The number of rotatable bonds is 3. The summed E-state index contributed by atoms with van der Waals surface area (Å²) in [7, 11) is 0. The molecule has 0 aromatic carbocycles. The summed E-state index contributed by atoms with van der Waals surface area (Å²) in [5.41, 5.74) is 0.242. The van der Waals surface area contributed by atoms with Crippen molar-refractivity contribution in [2.24, 2.45) is 5.41 Å². The molecule has 1 aliphatic rings. The van der Waals surface area contributed by atoms with Crippen molar-refractivity contribution in [2.75, 3.05) is 24.6 Å². The normalized spacial score (nSPS) is 22.8. The molecule has 1 aliphatic heterocycles. The summed E-state index contributed by atoms with van der Waals surface area (Å²) < 4.78 is 0. The van der Waals surface area contributed by atoms with Gasteiger partial charge in [-0.25, -0.2) is 0 Å². The van der Waals surface area contributed by atoms with E-state index in [9.17, 15) is 4.79 Å². The lowest BCUT2D eigenvalue weighted by molar-refractivity contribution is -0.123. The molecule has 17 heavy (non-hydrogen) atoms. The van der Waals surface area contributed by atoms with E-state index in [2.05, 4.69) is 31.0 Å². The van der Waals surface area contributed by atoms with Gasteiger partial charge < -0.3 is 5.32 Å². The predicted octanol–water partition coefficient (Wildman–Crippen LogP) is 1.97. The highest BCUT2D eigenvalue weighted by molar-refractivity contribution is 7.99. The molecule has 1 unspecified atom stereocenters. The maximum absolute atomic E-state index is 11.8. The molecular weight excluding hydrogens is 232 g/mol. The first-order chi connectivity index (χ1) is 7.80. The molecule has 1 amide bonds. The van der Waals surface area contributed by atoms with Crippen LogP contribution in [0.4, 0.5) is 0 Å². The maximum Gasteiger partial charge on any atom is 0.234 e. The van der Waals surface area contributed by atoms with E-state index in [1.165, 1.54) is 0 Å². The van der Waals surface area contributed by atoms with Crippen LogP contribution < -0.4 is 5.32 Å². The molecule has 3 nitrogen and oxygen atoms in total. The van der Waals surface area contributed by atoms with Gasteiger partial charge in [-0.1, -0.05) is 20.8 Å². The number of thioether (sulfide) groups is 1. The zero-order valence-electron chi connectivity index (χ0n) is 11.7. The molecular formula is C13H26N2OS. The lowest BCUT2D eigenvalue weighted by Crippen LogP contribution is -2.53. The van der Waals surface area contributed by atoms with Crippen molar-refractivity contribution in [2.45, 2.75) is 46.7 Å². The van der Waals surface area contributed by atoms with Crippen LogP contribution in [-0.2, 0) is 4.79 Å². The smallest absolute Gasteiger partial charge is 0.234 e. The van der Waals surface area contributed by atoms with Crippen molar-refractivity contribution in [3.05, 3.63) is 0 Å². The third-order valence-corrected chi connectivity index (χ3v) is 4.06. The van der Waals surface area contributed by atoms with Gasteiger partial charge in [0.2, 0.25) is 5.91 Å². The summed E-state index contributed by atoms with van der Waals surface area (Å²) in [4.78, 5) is 14.2. The lowest BCUT2D eigenvalue weighted by atomic mass is 9.86. The predicted molar refractivity (Wildman–Crippen MR) is 75.4 cm³/mol. The largest absolute Gasteiger partial charge is 0.353 e. The lowest BCUT2D eigenvalue weighted by Gasteiger charge is -2.42. The van der Waals surface area contributed by atoms with Crippen LogP contribution >= 0.6 is 11.8 Å². The second kappa shape index (κ2) is 6.10. The molecule has 0 saturated carbocycles. The summed E-state index contributed by atoms with van der Waals surface area (Å²) in [6.45, 7) is 12.4. The van der Waals surface area contributed by atoms with Gasteiger partial charge in [0.1, 0.15) is 0 Å². The first kappa shape index (κ1) is 14.8. The maximum atomic E-state index is 11.8. The highest BCUT2D eigenvalue weighted by atomic mass is 32.2. The minimum atomic E-state index is 0.154. The highest BCUT2D eigenvalue weighted by Gasteiger charge is 2.33. The third-order valence-electron chi connectivity index (χ3n) is 3.04. The van der Waals surface area contributed by atoms with E-state index in [-0.39, 0.29) is 17.4 Å².